The summed E-state index contributed by atoms with van der Waals surface area (Å²) in [4.78, 5) is 14.2. The van der Waals surface area contributed by atoms with Crippen molar-refractivity contribution in [3.63, 3.8) is 0 Å². The van der Waals surface area contributed by atoms with Gasteiger partial charge in [0.2, 0.25) is 5.91 Å². The van der Waals surface area contributed by atoms with Gasteiger partial charge in [-0.3, -0.25) is 4.79 Å². The Bertz CT molecular complexity index is 524. The molecule has 1 fully saturated rings. The molecule has 0 aromatic heterocycles. The third-order valence-corrected chi connectivity index (χ3v) is 4.09. The van der Waals surface area contributed by atoms with Gasteiger partial charge < -0.3 is 20.7 Å². The van der Waals surface area contributed by atoms with Gasteiger partial charge in [0.05, 0.1) is 19.3 Å². The zero-order valence-corrected chi connectivity index (χ0v) is 14.4. The highest BCUT2D eigenvalue weighted by Crippen LogP contribution is 2.23. The van der Waals surface area contributed by atoms with Crippen molar-refractivity contribution in [2.24, 2.45) is 11.7 Å². The number of anilines is 2. The summed E-state index contributed by atoms with van der Waals surface area (Å²) in [6.45, 7) is 6.58. The zero-order valence-electron chi connectivity index (χ0n) is 13.5. The van der Waals surface area contributed by atoms with Gasteiger partial charge in [-0.1, -0.05) is 20.3 Å². The molecule has 0 radical (unpaired) electrons. The molecule has 2 rings (SSSR count). The Morgan fingerprint density at radius 2 is 2.04 bits per heavy atom. The first kappa shape index (κ1) is 19.7. The minimum atomic E-state index is -0.597. The van der Waals surface area contributed by atoms with Crippen LogP contribution in [0.15, 0.2) is 18.2 Å². The van der Waals surface area contributed by atoms with Crippen molar-refractivity contribution in [1.29, 1.82) is 0 Å². The number of carbonyl (C=O) groups is 1. The summed E-state index contributed by atoms with van der Waals surface area (Å²) in [6, 6.07) is 3.95. The van der Waals surface area contributed by atoms with E-state index in [1.54, 1.807) is 6.07 Å². The lowest BCUT2D eigenvalue weighted by Crippen LogP contribution is -2.40. The molecule has 130 valence electrons. The molecule has 1 aromatic rings. The molecular weight excluding hydrogens is 321 g/mol. The molecule has 1 aromatic carbocycles. The molecule has 2 atom stereocenters. The van der Waals surface area contributed by atoms with Crippen LogP contribution in [0.5, 0.6) is 0 Å². The Hall–Kier alpha value is -1.37. The fourth-order valence-electron chi connectivity index (χ4n) is 2.39. The van der Waals surface area contributed by atoms with E-state index in [9.17, 15) is 9.18 Å². The van der Waals surface area contributed by atoms with Gasteiger partial charge in [0.15, 0.2) is 0 Å². The number of rotatable bonds is 5. The van der Waals surface area contributed by atoms with Crippen molar-refractivity contribution in [2.75, 3.05) is 36.5 Å². The van der Waals surface area contributed by atoms with Crippen molar-refractivity contribution in [1.82, 2.24) is 0 Å². The molecule has 7 heteroatoms. The highest BCUT2D eigenvalue weighted by Gasteiger charge is 2.20. The second kappa shape index (κ2) is 9.05. The number of hydrogen-bond acceptors (Lipinski definition) is 4. The number of morpholine rings is 1. The molecule has 1 aliphatic heterocycles. The van der Waals surface area contributed by atoms with Crippen molar-refractivity contribution in [3.05, 3.63) is 24.0 Å². The monoisotopic (exact) mass is 345 g/mol. The highest BCUT2D eigenvalue weighted by molar-refractivity contribution is 5.95. The van der Waals surface area contributed by atoms with Gasteiger partial charge in [0, 0.05) is 24.5 Å². The Morgan fingerprint density at radius 3 is 2.65 bits per heavy atom. The first-order valence-corrected chi connectivity index (χ1v) is 7.71. The molecule has 1 aliphatic rings. The zero-order chi connectivity index (χ0) is 16.1. The molecule has 3 N–H and O–H groups in total. The van der Waals surface area contributed by atoms with Crippen molar-refractivity contribution in [2.45, 2.75) is 26.3 Å². The number of hydrogen-bond donors (Lipinski definition) is 2. The van der Waals surface area contributed by atoms with E-state index < -0.39 is 6.04 Å². The maximum absolute atomic E-state index is 13.8. The molecule has 0 saturated carbocycles. The number of benzene rings is 1. The van der Waals surface area contributed by atoms with Crippen LogP contribution in [0.25, 0.3) is 0 Å². The molecule has 1 saturated heterocycles. The topological polar surface area (TPSA) is 67.6 Å². The summed E-state index contributed by atoms with van der Waals surface area (Å²) in [7, 11) is 0. The second-order valence-electron chi connectivity index (χ2n) is 5.70. The van der Waals surface area contributed by atoms with Gasteiger partial charge >= 0.3 is 0 Å². The highest BCUT2D eigenvalue weighted by atomic mass is 35.5. The first-order chi connectivity index (χ1) is 10.5. The van der Waals surface area contributed by atoms with Gasteiger partial charge in [-0.05, 0) is 24.1 Å². The normalized spacial score (nSPS) is 17.1. The van der Waals surface area contributed by atoms with E-state index in [2.05, 4.69) is 5.32 Å². The third kappa shape index (κ3) is 5.34. The van der Waals surface area contributed by atoms with E-state index in [0.717, 1.165) is 12.1 Å². The van der Waals surface area contributed by atoms with Crippen LogP contribution in [-0.4, -0.2) is 38.3 Å². The van der Waals surface area contributed by atoms with E-state index >= 15 is 0 Å². The molecule has 2 unspecified atom stereocenters. The summed E-state index contributed by atoms with van der Waals surface area (Å²) < 4.78 is 19.1. The number of ether oxygens (including phenoxy) is 1. The third-order valence-electron chi connectivity index (χ3n) is 4.09. The Morgan fingerprint density at radius 1 is 1.39 bits per heavy atom. The SMILES string of the molecule is CCC(C)C(N)C(=O)Nc1cc(F)cc(N2CCOCC2)c1.Cl. The number of nitrogens with one attached hydrogen (secondary N) is 1. The average molecular weight is 346 g/mol. The maximum Gasteiger partial charge on any atom is 0.241 e. The van der Waals surface area contributed by atoms with Gasteiger partial charge in [0.25, 0.3) is 0 Å². The number of carbonyl (C=O) groups excluding carboxylic acids is 1. The fraction of sp³-hybridized carbons (Fsp3) is 0.562. The van der Waals surface area contributed by atoms with Gasteiger partial charge in [0.1, 0.15) is 5.82 Å². The first-order valence-electron chi connectivity index (χ1n) is 7.71. The van der Waals surface area contributed by atoms with Crippen molar-refractivity contribution < 1.29 is 13.9 Å². The van der Waals surface area contributed by atoms with E-state index in [-0.39, 0.29) is 30.0 Å². The summed E-state index contributed by atoms with van der Waals surface area (Å²) >= 11 is 0. The van der Waals surface area contributed by atoms with Crippen molar-refractivity contribution in [3.8, 4) is 0 Å². The van der Waals surface area contributed by atoms with E-state index in [0.29, 0.717) is 32.0 Å². The molecule has 1 heterocycles. The van der Waals surface area contributed by atoms with E-state index in [4.69, 9.17) is 10.5 Å². The summed E-state index contributed by atoms with van der Waals surface area (Å²) in [5, 5.41) is 2.72. The minimum Gasteiger partial charge on any atom is -0.378 e. The fourth-order valence-corrected chi connectivity index (χ4v) is 2.39. The van der Waals surface area contributed by atoms with Crippen LogP contribution in [-0.2, 0) is 9.53 Å². The molecule has 0 bridgehead atoms. The minimum absolute atomic E-state index is 0. The van der Waals surface area contributed by atoms with Crippen LogP contribution >= 0.6 is 12.4 Å². The van der Waals surface area contributed by atoms with Crippen LogP contribution in [0.3, 0.4) is 0 Å². The van der Waals surface area contributed by atoms with Crippen LogP contribution in [0.2, 0.25) is 0 Å². The Labute approximate surface area is 142 Å². The smallest absolute Gasteiger partial charge is 0.241 e. The number of nitrogens with zero attached hydrogens (tertiary/aromatic N) is 1. The van der Waals surface area contributed by atoms with Gasteiger partial charge in [-0.15, -0.1) is 12.4 Å². The Kier molecular flexibility index (Phi) is 7.75. The summed E-state index contributed by atoms with van der Waals surface area (Å²) in [5.74, 6) is -0.587. The summed E-state index contributed by atoms with van der Waals surface area (Å²) in [6.07, 6.45) is 0.816. The number of nitrogens with two attached hydrogens (primary N) is 1. The average Bonchev–Trinajstić information content (AvgIpc) is 2.53. The van der Waals surface area contributed by atoms with Crippen LogP contribution in [0, 0.1) is 11.7 Å². The molecular formula is C16H25ClFN3O2. The Balaban J connectivity index is 0.00000264. The lowest BCUT2D eigenvalue weighted by atomic mass is 9.99. The lowest BCUT2D eigenvalue weighted by molar-refractivity contribution is -0.118. The van der Waals surface area contributed by atoms with E-state index in [1.807, 2.05) is 18.7 Å². The quantitative estimate of drug-likeness (QED) is 0.860. The van der Waals surface area contributed by atoms with Crippen LogP contribution < -0.4 is 16.0 Å². The predicted molar refractivity (Wildman–Crippen MR) is 92.7 cm³/mol. The lowest BCUT2D eigenvalue weighted by Gasteiger charge is -2.29. The van der Waals surface area contributed by atoms with Crippen LogP contribution in [0.4, 0.5) is 15.8 Å². The van der Waals surface area contributed by atoms with Gasteiger partial charge in [-0.25, -0.2) is 4.39 Å². The number of halogens is 2. The van der Waals surface area contributed by atoms with Gasteiger partial charge in [-0.2, -0.15) is 0 Å². The van der Waals surface area contributed by atoms with Crippen LogP contribution in [0.1, 0.15) is 20.3 Å². The summed E-state index contributed by atoms with van der Waals surface area (Å²) in [5.41, 5.74) is 7.09. The molecule has 0 aliphatic carbocycles. The number of amides is 1. The standard InChI is InChI=1S/C16H24FN3O2.ClH/c1-3-11(2)15(18)16(21)19-13-8-12(17)9-14(10-13)20-4-6-22-7-5-20;/h8-11,15H,3-7,18H2,1-2H3,(H,19,21);1H. The maximum atomic E-state index is 13.8. The van der Waals surface area contributed by atoms with E-state index in [1.165, 1.54) is 12.1 Å². The largest absolute Gasteiger partial charge is 0.378 e. The second-order valence-corrected chi connectivity index (χ2v) is 5.70. The predicted octanol–water partition coefficient (Wildman–Crippen LogP) is 2.40. The molecule has 1 amide bonds. The molecule has 5 nitrogen and oxygen atoms in total. The molecule has 23 heavy (non-hydrogen) atoms. The molecule has 0 spiro atoms. The van der Waals surface area contributed by atoms with Crippen molar-refractivity contribution >= 4 is 29.7 Å².